The minimum atomic E-state index is 0.710. The van der Waals surface area contributed by atoms with E-state index in [1.165, 1.54) is 64.7 Å². The van der Waals surface area contributed by atoms with Crippen molar-refractivity contribution in [2.24, 2.45) is 0 Å². The van der Waals surface area contributed by atoms with Crippen molar-refractivity contribution in [3.63, 3.8) is 0 Å². The van der Waals surface area contributed by atoms with Crippen LogP contribution in [0.5, 0.6) is 0 Å². The normalized spacial score (nSPS) is 12.4. The molecule has 62 heavy (non-hydrogen) atoms. The Morgan fingerprint density at radius 2 is 1.29 bits per heavy atom. The van der Waals surface area contributed by atoms with Crippen molar-refractivity contribution < 1.29 is 0 Å². The first kappa shape index (κ1) is 34.9. The molecule has 0 aliphatic rings. The van der Waals surface area contributed by atoms with E-state index in [4.69, 9.17) is 9.97 Å². The number of nitrogens with zero attached hydrogens (tertiary/aromatic N) is 4. The van der Waals surface area contributed by atoms with Gasteiger partial charge in [-0.3, -0.25) is 4.57 Å². The van der Waals surface area contributed by atoms with E-state index in [1.54, 1.807) is 11.3 Å². The summed E-state index contributed by atoms with van der Waals surface area (Å²) in [5.74, 6) is 1.60. The van der Waals surface area contributed by atoms with Crippen LogP contribution < -0.4 is 0 Å². The molecule has 13 aromatic rings. The average molecular weight is 809 g/mol. The molecule has 0 amide bonds. The molecule has 0 aliphatic carbocycles. The maximum atomic E-state index is 5.64. The lowest BCUT2D eigenvalue weighted by Crippen LogP contribution is -2.01. The SMILES string of the molecule is C=C/C(=C\c1c(C)c2cc3c(c4cc(-c5ccccc5)ccc4n3-c3nc(-c4ccc5ccccc5c4)nc4c3sc3ccccc34)c3c4ccccc4n1c23)c1ccccc1. The largest absolute Gasteiger partial charge is 0.308 e. The number of fused-ring (bicyclic) bond motifs is 11. The van der Waals surface area contributed by atoms with Gasteiger partial charge in [-0.25, -0.2) is 9.97 Å². The first-order chi connectivity index (χ1) is 30.6. The highest BCUT2D eigenvalue weighted by molar-refractivity contribution is 7.26. The number of hydrogen-bond donors (Lipinski definition) is 0. The molecule has 4 nitrogen and oxygen atoms in total. The van der Waals surface area contributed by atoms with E-state index in [0.29, 0.717) is 5.82 Å². The molecule has 0 unspecified atom stereocenters. The number of para-hydroxylation sites is 1. The molecular weight excluding hydrogens is 773 g/mol. The molecule has 5 aromatic heterocycles. The van der Waals surface area contributed by atoms with Crippen molar-refractivity contribution in [1.29, 1.82) is 0 Å². The molecular formula is C57H36N4S. The Hall–Kier alpha value is -7.86. The third-order valence-electron chi connectivity index (χ3n) is 12.8. The van der Waals surface area contributed by atoms with Crippen molar-refractivity contribution in [3.05, 3.63) is 205 Å². The molecule has 8 aromatic carbocycles. The van der Waals surface area contributed by atoms with Gasteiger partial charge in [0.2, 0.25) is 0 Å². The van der Waals surface area contributed by atoms with E-state index >= 15 is 0 Å². The second-order valence-electron chi connectivity index (χ2n) is 16.2. The zero-order chi connectivity index (χ0) is 41.1. The van der Waals surface area contributed by atoms with Gasteiger partial charge in [0.1, 0.15) is 0 Å². The predicted octanol–water partition coefficient (Wildman–Crippen LogP) is 15.5. The van der Waals surface area contributed by atoms with E-state index in [-0.39, 0.29) is 0 Å². The van der Waals surface area contributed by atoms with Crippen LogP contribution in [0, 0.1) is 6.92 Å². The van der Waals surface area contributed by atoms with Crippen molar-refractivity contribution in [3.8, 4) is 28.3 Å². The van der Waals surface area contributed by atoms with E-state index in [9.17, 15) is 0 Å². The van der Waals surface area contributed by atoms with E-state index < -0.39 is 0 Å². The molecule has 5 heteroatoms. The molecule has 13 rings (SSSR count). The number of aromatic nitrogens is 4. The highest BCUT2D eigenvalue weighted by atomic mass is 32.1. The second kappa shape index (κ2) is 13.3. The number of thiophene rings is 1. The molecule has 5 heterocycles. The highest BCUT2D eigenvalue weighted by Gasteiger charge is 2.27. The summed E-state index contributed by atoms with van der Waals surface area (Å²) >= 11 is 1.77. The van der Waals surface area contributed by atoms with E-state index in [1.807, 2.05) is 6.08 Å². The molecule has 0 bridgehead atoms. The van der Waals surface area contributed by atoms with Gasteiger partial charge in [0, 0.05) is 42.6 Å². The summed E-state index contributed by atoms with van der Waals surface area (Å²) in [5, 5.41) is 9.60. The Bertz CT molecular complexity index is 4000. The molecule has 290 valence electrons. The number of aryl methyl sites for hydroxylation is 1. The smallest absolute Gasteiger partial charge is 0.162 e. The van der Waals surface area contributed by atoms with Crippen molar-refractivity contribution in [2.45, 2.75) is 6.92 Å². The first-order valence-electron chi connectivity index (χ1n) is 21.0. The maximum Gasteiger partial charge on any atom is 0.162 e. The molecule has 0 N–H and O–H groups in total. The Labute approximate surface area is 360 Å². The van der Waals surface area contributed by atoms with Crippen LogP contribution in [0.25, 0.3) is 120 Å². The van der Waals surface area contributed by atoms with Crippen LogP contribution in [0.15, 0.2) is 189 Å². The fourth-order valence-electron chi connectivity index (χ4n) is 9.94. The predicted molar refractivity (Wildman–Crippen MR) is 264 cm³/mol. The molecule has 0 saturated heterocycles. The molecule has 0 fully saturated rings. The Balaban J connectivity index is 1.21. The number of rotatable bonds is 6. The number of hydrogen-bond acceptors (Lipinski definition) is 3. The molecule has 0 radical (unpaired) electrons. The molecule has 0 atom stereocenters. The van der Waals surface area contributed by atoms with Gasteiger partial charge in [0.25, 0.3) is 0 Å². The lowest BCUT2D eigenvalue weighted by atomic mass is 9.99. The second-order valence-corrected chi connectivity index (χ2v) is 17.3. The van der Waals surface area contributed by atoms with Crippen LogP contribution in [0.1, 0.15) is 16.8 Å². The fourth-order valence-corrected chi connectivity index (χ4v) is 11.1. The Morgan fingerprint density at radius 3 is 2.13 bits per heavy atom. The third-order valence-corrected chi connectivity index (χ3v) is 14.0. The quantitative estimate of drug-likeness (QED) is 0.157. The van der Waals surface area contributed by atoms with Crippen LogP contribution in [0.3, 0.4) is 0 Å². The van der Waals surface area contributed by atoms with Gasteiger partial charge in [0.05, 0.1) is 38.0 Å². The summed E-state index contributed by atoms with van der Waals surface area (Å²) in [7, 11) is 0. The summed E-state index contributed by atoms with van der Waals surface area (Å²) in [6.45, 7) is 6.54. The standard InChI is InChI=1S/C57H36N4S/c1-3-35(36-16-6-4-7-17-36)32-48-34(2)44-33-49-51(52-42-22-12-14-24-46(42)60(48)54(44)52)45-31-40(37-18-8-5-9-19-37)28-29-47(45)61(49)57-55-53(43-23-13-15-25-50(43)62-55)58-56(59-57)41-27-26-38-20-10-11-21-39(38)30-41/h3-33H,1H2,2H3/b35-32+. The van der Waals surface area contributed by atoms with Gasteiger partial charge in [0.15, 0.2) is 11.6 Å². The van der Waals surface area contributed by atoms with Crippen molar-refractivity contribution in [2.75, 3.05) is 0 Å². The van der Waals surface area contributed by atoms with Gasteiger partial charge in [-0.1, -0.05) is 152 Å². The molecule has 0 spiro atoms. The summed E-state index contributed by atoms with van der Waals surface area (Å²) in [5.41, 5.74) is 13.6. The van der Waals surface area contributed by atoms with Gasteiger partial charge in [-0.2, -0.15) is 0 Å². The van der Waals surface area contributed by atoms with Crippen molar-refractivity contribution in [1.82, 2.24) is 18.9 Å². The lowest BCUT2D eigenvalue weighted by Gasteiger charge is -2.12. The van der Waals surface area contributed by atoms with Gasteiger partial charge in [-0.05, 0) is 88.0 Å². The summed E-state index contributed by atoms with van der Waals surface area (Å²) in [4.78, 5) is 11.0. The van der Waals surface area contributed by atoms with E-state index in [0.717, 1.165) is 60.2 Å². The van der Waals surface area contributed by atoms with Crippen LogP contribution >= 0.6 is 11.3 Å². The zero-order valence-corrected chi connectivity index (χ0v) is 34.6. The lowest BCUT2D eigenvalue weighted by molar-refractivity contribution is 1.08. The minimum Gasteiger partial charge on any atom is -0.308 e. The van der Waals surface area contributed by atoms with Crippen LogP contribution in [-0.2, 0) is 0 Å². The Morgan fingerprint density at radius 1 is 0.565 bits per heavy atom. The van der Waals surface area contributed by atoms with Crippen LogP contribution in [0.2, 0.25) is 0 Å². The summed E-state index contributed by atoms with van der Waals surface area (Å²) < 4.78 is 7.18. The maximum absolute atomic E-state index is 5.64. The third kappa shape index (κ3) is 5.00. The average Bonchev–Trinajstić information content (AvgIpc) is 4.05. The van der Waals surface area contributed by atoms with Crippen LogP contribution in [-0.4, -0.2) is 18.9 Å². The number of allylic oxidation sites excluding steroid dienone is 2. The topological polar surface area (TPSA) is 35.1 Å². The van der Waals surface area contributed by atoms with E-state index in [2.05, 4.69) is 204 Å². The molecule has 0 aliphatic heterocycles. The highest BCUT2D eigenvalue weighted by Crippen LogP contribution is 2.48. The summed E-state index contributed by atoms with van der Waals surface area (Å²) in [6, 6.07) is 63.3. The Kier molecular flexibility index (Phi) is 7.51. The van der Waals surface area contributed by atoms with Crippen LogP contribution in [0.4, 0.5) is 0 Å². The zero-order valence-electron chi connectivity index (χ0n) is 33.8. The van der Waals surface area contributed by atoms with Crippen molar-refractivity contribution >= 4 is 103 Å². The van der Waals surface area contributed by atoms with Gasteiger partial charge >= 0.3 is 0 Å². The van der Waals surface area contributed by atoms with Gasteiger partial charge in [-0.15, -0.1) is 11.3 Å². The monoisotopic (exact) mass is 808 g/mol. The number of benzene rings is 8. The summed E-state index contributed by atoms with van der Waals surface area (Å²) in [6.07, 6.45) is 4.29. The minimum absolute atomic E-state index is 0.710. The molecule has 0 saturated carbocycles. The van der Waals surface area contributed by atoms with Gasteiger partial charge < -0.3 is 4.40 Å². The fraction of sp³-hybridized carbons (Fsp3) is 0.0175. The first-order valence-corrected chi connectivity index (χ1v) is 21.8.